The Morgan fingerprint density at radius 3 is 2.80 bits per heavy atom. The van der Waals surface area contributed by atoms with Gasteiger partial charge in [-0.3, -0.25) is 4.79 Å². The first-order valence-electron chi connectivity index (χ1n) is 7.64. The Morgan fingerprint density at radius 1 is 1.50 bits per heavy atom. The lowest BCUT2D eigenvalue weighted by molar-refractivity contribution is 0.0650. The summed E-state index contributed by atoms with van der Waals surface area (Å²) in [4.78, 5) is 19.0. The van der Waals surface area contributed by atoms with Gasteiger partial charge in [-0.15, -0.1) is 0 Å². The molecule has 1 heterocycles. The number of hydrogen-bond donors (Lipinski definition) is 1. The average Bonchev–Trinajstić information content (AvgIpc) is 3.06. The van der Waals surface area contributed by atoms with Gasteiger partial charge < -0.3 is 15.2 Å². The van der Waals surface area contributed by atoms with Gasteiger partial charge in [-0.05, 0) is 18.8 Å². The first-order chi connectivity index (χ1) is 9.61. The van der Waals surface area contributed by atoms with E-state index in [-0.39, 0.29) is 5.91 Å². The van der Waals surface area contributed by atoms with Crippen molar-refractivity contribution in [2.75, 3.05) is 13.1 Å². The Bertz CT molecular complexity index is 435. The van der Waals surface area contributed by atoms with Crippen LogP contribution in [0.5, 0.6) is 0 Å². The summed E-state index contributed by atoms with van der Waals surface area (Å²) >= 11 is 0. The lowest BCUT2D eigenvalue weighted by atomic mass is 10.1. The lowest BCUT2D eigenvalue weighted by Crippen LogP contribution is -2.41. The molecule has 20 heavy (non-hydrogen) atoms. The Labute approximate surface area is 121 Å². The van der Waals surface area contributed by atoms with Crippen molar-refractivity contribution in [2.24, 2.45) is 11.7 Å². The van der Waals surface area contributed by atoms with Crippen LogP contribution >= 0.6 is 0 Å². The van der Waals surface area contributed by atoms with Gasteiger partial charge in [0.05, 0.1) is 6.33 Å². The maximum atomic E-state index is 12.7. The topological polar surface area (TPSA) is 64.2 Å². The van der Waals surface area contributed by atoms with Gasteiger partial charge in [0, 0.05) is 31.9 Å². The third-order valence-corrected chi connectivity index (χ3v) is 3.83. The Hall–Kier alpha value is -1.36. The molecular weight excluding hydrogens is 252 g/mol. The lowest BCUT2D eigenvalue weighted by Gasteiger charge is -2.30. The minimum atomic E-state index is 0.0707. The second-order valence-corrected chi connectivity index (χ2v) is 6.08. The molecule has 1 aromatic heterocycles. The number of nitrogens with two attached hydrogens (primary N) is 1. The maximum absolute atomic E-state index is 12.7. The molecule has 1 saturated carbocycles. The molecular formula is C15H26N4O. The highest BCUT2D eigenvalue weighted by molar-refractivity contribution is 5.92. The SMILES string of the molecule is CC(C)CN(C(=O)c1cn(CCN)cn1)C1CCCC1. The van der Waals surface area contributed by atoms with Crippen LogP contribution in [0.15, 0.2) is 12.5 Å². The smallest absolute Gasteiger partial charge is 0.274 e. The van der Waals surface area contributed by atoms with Crippen LogP contribution in [0.2, 0.25) is 0 Å². The molecule has 0 unspecified atom stereocenters. The third kappa shape index (κ3) is 3.60. The Morgan fingerprint density at radius 2 is 2.20 bits per heavy atom. The van der Waals surface area contributed by atoms with Crippen LogP contribution in [0.1, 0.15) is 50.0 Å². The van der Waals surface area contributed by atoms with Crippen molar-refractivity contribution >= 4 is 5.91 Å². The number of nitrogens with zero attached hydrogens (tertiary/aromatic N) is 3. The second-order valence-electron chi connectivity index (χ2n) is 6.08. The number of aromatic nitrogens is 2. The number of rotatable bonds is 6. The summed E-state index contributed by atoms with van der Waals surface area (Å²) in [7, 11) is 0. The Balaban J connectivity index is 2.11. The van der Waals surface area contributed by atoms with Crippen molar-refractivity contribution < 1.29 is 4.79 Å². The molecule has 1 aliphatic carbocycles. The van der Waals surface area contributed by atoms with E-state index in [4.69, 9.17) is 5.73 Å². The molecule has 1 fully saturated rings. The number of imidazole rings is 1. The van der Waals surface area contributed by atoms with Crippen molar-refractivity contribution in [1.29, 1.82) is 0 Å². The monoisotopic (exact) mass is 278 g/mol. The van der Waals surface area contributed by atoms with E-state index in [1.165, 1.54) is 12.8 Å². The highest BCUT2D eigenvalue weighted by atomic mass is 16.2. The zero-order chi connectivity index (χ0) is 14.5. The van der Waals surface area contributed by atoms with E-state index in [9.17, 15) is 4.79 Å². The van der Waals surface area contributed by atoms with E-state index >= 15 is 0 Å². The van der Waals surface area contributed by atoms with Crippen molar-refractivity contribution in [2.45, 2.75) is 52.1 Å². The molecule has 2 rings (SSSR count). The molecule has 0 aliphatic heterocycles. The van der Waals surface area contributed by atoms with Gasteiger partial charge in [0.15, 0.2) is 0 Å². The summed E-state index contributed by atoms with van der Waals surface area (Å²) in [5.41, 5.74) is 6.07. The molecule has 2 N–H and O–H groups in total. The molecule has 1 aliphatic rings. The summed E-state index contributed by atoms with van der Waals surface area (Å²) < 4.78 is 1.88. The van der Waals surface area contributed by atoms with Crippen molar-refractivity contribution in [1.82, 2.24) is 14.5 Å². The van der Waals surface area contributed by atoms with Crippen LogP contribution in [-0.2, 0) is 6.54 Å². The summed E-state index contributed by atoms with van der Waals surface area (Å²) in [6, 6.07) is 0.393. The largest absolute Gasteiger partial charge is 0.335 e. The highest BCUT2D eigenvalue weighted by Crippen LogP contribution is 2.25. The van der Waals surface area contributed by atoms with Crippen LogP contribution in [0.4, 0.5) is 0 Å². The molecule has 0 bridgehead atoms. The van der Waals surface area contributed by atoms with E-state index < -0.39 is 0 Å². The number of carbonyl (C=O) groups is 1. The predicted molar refractivity (Wildman–Crippen MR) is 79.4 cm³/mol. The summed E-state index contributed by atoms with van der Waals surface area (Å²) in [6.45, 7) is 6.38. The molecule has 0 spiro atoms. The maximum Gasteiger partial charge on any atom is 0.274 e. The zero-order valence-electron chi connectivity index (χ0n) is 12.6. The van der Waals surface area contributed by atoms with Gasteiger partial charge in [0.1, 0.15) is 5.69 Å². The second kappa shape index (κ2) is 6.88. The molecule has 5 heteroatoms. The van der Waals surface area contributed by atoms with E-state index in [1.807, 2.05) is 15.7 Å². The molecule has 1 amide bonds. The van der Waals surface area contributed by atoms with Crippen molar-refractivity contribution in [3.8, 4) is 0 Å². The summed E-state index contributed by atoms with van der Waals surface area (Å²) in [6.07, 6.45) is 8.23. The van der Waals surface area contributed by atoms with Crippen LogP contribution < -0.4 is 5.73 Å². The first-order valence-corrected chi connectivity index (χ1v) is 7.64. The first kappa shape index (κ1) is 15.0. The number of amides is 1. The van der Waals surface area contributed by atoms with Gasteiger partial charge in [-0.25, -0.2) is 4.98 Å². The van der Waals surface area contributed by atoms with Gasteiger partial charge in [-0.2, -0.15) is 0 Å². The standard InChI is InChI=1S/C15H26N4O/c1-12(2)9-19(13-5-3-4-6-13)15(20)14-10-18(8-7-16)11-17-14/h10-13H,3-9,16H2,1-2H3. The fourth-order valence-electron chi connectivity index (χ4n) is 2.90. The van der Waals surface area contributed by atoms with Gasteiger partial charge in [0.25, 0.3) is 5.91 Å². The van der Waals surface area contributed by atoms with Gasteiger partial charge in [0.2, 0.25) is 0 Å². The van der Waals surface area contributed by atoms with Crippen LogP contribution in [0, 0.1) is 5.92 Å². The molecule has 0 saturated heterocycles. The van der Waals surface area contributed by atoms with Crippen molar-refractivity contribution in [3.63, 3.8) is 0 Å². The Kier molecular flexibility index (Phi) is 5.17. The third-order valence-electron chi connectivity index (χ3n) is 3.83. The summed E-state index contributed by atoms with van der Waals surface area (Å²) in [5, 5.41) is 0. The van der Waals surface area contributed by atoms with Crippen LogP contribution in [-0.4, -0.2) is 39.5 Å². The highest BCUT2D eigenvalue weighted by Gasteiger charge is 2.28. The van der Waals surface area contributed by atoms with E-state index in [0.717, 1.165) is 19.4 Å². The molecule has 0 aromatic carbocycles. The predicted octanol–water partition coefficient (Wildman–Crippen LogP) is 1.88. The zero-order valence-corrected chi connectivity index (χ0v) is 12.6. The fraction of sp³-hybridized carbons (Fsp3) is 0.733. The number of hydrogen-bond acceptors (Lipinski definition) is 3. The molecule has 112 valence electrons. The molecule has 0 radical (unpaired) electrons. The fourth-order valence-corrected chi connectivity index (χ4v) is 2.90. The van der Waals surface area contributed by atoms with Gasteiger partial charge in [-0.1, -0.05) is 26.7 Å². The minimum absolute atomic E-state index is 0.0707. The van der Waals surface area contributed by atoms with Crippen molar-refractivity contribution in [3.05, 3.63) is 18.2 Å². The molecule has 1 aromatic rings. The minimum Gasteiger partial charge on any atom is -0.335 e. The van der Waals surface area contributed by atoms with Gasteiger partial charge >= 0.3 is 0 Å². The molecule has 0 atom stereocenters. The van der Waals surface area contributed by atoms with E-state index in [2.05, 4.69) is 18.8 Å². The number of carbonyl (C=O) groups excluding carboxylic acids is 1. The normalized spacial score (nSPS) is 16.0. The molecule has 5 nitrogen and oxygen atoms in total. The average molecular weight is 278 g/mol. The van der Waals surface area contributed by atoms with E-state index in [0.29, 0.717) is 30.7 Å². The summed E-state index contributed by atoms with van der Waals surface area (Å²) in [5.74, 6) is 0.548. The van der Waals surface area contributed by atoms with Crippen LogP contribution in [0.25, 0.3) is 0 Å². The quantitative estimate of drug-likeness (QED) is 0.864. The van der Waals surface area contributed by atoms with Crippen LogP contribution in [0.3, 0.4) is 0 Å². The van der Waals surface area contributed by atoms with E-state index in [1.54, 1.807) is 6.33 Å².